The number of hydrogen-bond acceptors (Lipinski definition) is 2. The van der Waals surface area contributed by atoms with E-state index in [9.17, 15) is 15.0 Å². The van der Waals surface area contributed by atoms with Crippen LogP contribution in [0.5, 0.6) is 5.75 Å². The zero-order valence-corrected chi connectivity index (χ0v) is 25.8. The number of carboxylic acid groups (broad SMARTS) is 1. The van der Waals surface area contributed by atoms with Crippen molar-refractivity contribution in [1.82, 2.24) is 0 Å². The zero-order valence-electron chi connectivity index (χ0n) is 25.8. The third-order valence-electron chi connectivity index (χ3n) is 8.15. The van der Waals surface area contributed by atoms with Gasteiger partial charge in [0.15, 0.2) is 0 Å². The molecule has 3 heteroatoms. The molecule has 0 spiro atoms. The van der Waals surface area contributed by atoms with Crippen LogP contribution in [0.3, 0.4) is 0 Å². The fraction of sp³-hybridized carbons (Fsp3) is 0.618. The van der Waals surface area contributed by atoms with Gasteiger partial charge in [-0.05, 0) is 63.5 Å². The monoisotopic (exact) mass is 508 g/mol. The van der Waals surface area contributed by atoms with Crippen LogP contribution in [0.4, 0.5) is 0 Å². The maximum absolute atomic E-state index is 12.5. The van der Waals surface area contributed by atoms with Crippen LogP contribution in [0.1, 0.15) is 123 Å². The number of carbonyl (C=O) groups is 1. The summed E-state index contributed by atoms with van der Waals surface area (Å²) < 4.78 is 0. The molecule has 2 N–H and O–H groups in total. The summed E-state index contributed by atoms with van der Waals surface area (Å²) in [4.78, 5) is 12.5. The Kier molecular flexibility index (Phi) is 8.75. The van der Waals surface area contributed by atoms with Crippen molar-refractivity contribution in [3.05, 3.63) is 52.6 Å². The van der Waals surface area contributed by atoms with Gasteiger partial charge in [-0.2, -0.15) is 0 Å². The van der Waals surface area contributed by atoms with Gasteiger partial charge in [-0.3, -0.25) is 0 Å². The minimum atomic E-state index is -0.973. The molecule has 0 saturated carbocycles. The molecule has 3 nitrogen and oxygen atoms in total. The lowest BCUT2D eigenvalue weighted by molar-refractivity contribution is 0.0697. The fourth-order valence-corrected chi connectivity index (χ4v) is 5.06. The molecule has 2 aromatic carbocycles. The Labute approximate surface area is 226 Å². The number of phenols is 1. The molecule has 0 fully saturated rings. The van der Waals surface area contributed by atoms with Crippen molar-refractivity contribution in [2.75, 3.05) is 0 Å². The first kappa shape index (κ1) is 30.9. The summed E-state index contributed by atoms with van der Waals surface area (Å²) in [5.74, 6) is 0.363. The van der Waals surface area contributed by atoms with Crippen LogP contribution in [-0.2, 0) is 17.3 Å². The SMILES string of the molecule is CC(CC(Cc1ccc(-c2c(C(=O)O)cc(C(C)(C)C)c(O)c2C(C)(C)C)cc1)C(C)(C)C)C(C)(C)C. The second kappa shape index (κ2) is 10.5. The maximum Gasteiger partial charge on any atom is 0.336 e. The van der Waals surface area contributed by atoms with E-state index in [1.54, 1.807) is 6.07 Å². The highest BCUT2D eigenvalue weighted by Crippen LogP contribution is 2.47. The van der Waals surface area contributed by atoms with Crippen LogP contribution >= 0.6 is 0 Å². The van der Waals surface area contributed by atoms with Crippen LogP contribution in [0.15, 0.2) is 30.3 Å². The summed E-state index contributed by atoms with van der Waals surface area (Å²) in [7, 11) is 0. The summed E-state index contributed by atoms with van der Waals surface area (Å²) in [6, 6.07) is 10.0. The van der Waals surface area contributed by atoms with Crippen molar-refractivity contribution in [2.45, 2.75) is 114 Å². The molecule has 0 aliphatic heterocycles. The number of benzene rings is 2. The van der Waals surface area contributed by atoms with Gasteiger partial charge in [0.2, 0.25) is 0 Å². The van der Waals surface area contributed by atoms with Gasteiger partial charge < -0.3 is 10.2 Å². The molecule has 0 aromatic heterocycles. The van der Waals surface area contributed by atoms with Gasteiger partial charge in [-0.25, -0.2) is 4.79 Å². The molecule has 0 aliphatic rings. The van der Waals surface area contributed by atoms with E-state index in [1.165, 1.54) is 5.56 Å². The Hall–Kier alpha value is -2.29. The highest BCUT2D eigenvalue weighted by Gasteiger charge is 2.33. The Morgan fingerprint density at radius 3 is 1.70 bits per heavy atom. The molecule has 2 atom stereocenters. The van der Waals surface area contributed by atoms with Gasteiger partial charge in [-0.15, -0.1) is 0 Å². The van der Waals surface area contributed by atoms with E-state index in [-0.39, 0.29) is 27.6 Å². The van der Waals surface area contributed by atoms with Crippen molar-refractivity contribution in [1.29, 1.82) is 0 Å². The average molecular weight is 509 g/mol. The van der Waals surface area contributed by atoms with E-state index in [2.05, 4.69) is 60.6 Å². The number of carboxylic acids is 1. The summed E-state index contributed by atoms with van der Waals surface area (Å²) >= 11 is 0. The van der Waals surface area contributed by atoms with E-state index in [1.807, 2.05) is 53.7 Å². The standard InChI is InChI=1S/C34H52O3/c1-21(31(2,3)4)18-24(32(5,6)7)19-22-14-16-23(17-15-22)27-25(30(36)37)20-26(33(8,9)10)29(35)28(27)34(11,12)13/h14-17,20-21,24,35H,18-19H2,1-13H3,(H,36,37). The summed E-state index contributed by atoms with van der Waals surface area (Å²) in [6.45, 7) is 28.4. The summed E-state index contributed by atoms with van der Waals surface area (Å²) in [5, 5.41) is 21.7. The lowest BCUT2D eigenvalue weighted by atomic mass is 9.68. The molecule has 2 rings (SSSR count). The molecule has 2 unspecified atom stereocenters. The lowest BCUT2D eigenvalue weighted by Gasteiger charge is -2.37. The molecule has 0 aliphatic carbocycles. The van der Waals surface area contributed by atoms with Gasteiger partial charge in [0.05, 0.1) is 5.56 Å². The Morgan fingerprint density at radius 1 is 0.811 bits per heavy atom. The third kappa shape index (κ3) is 7.39. The second-order valence-electron chi connectivity index (χ2n) is 15.3. The Balaban J connectivity index is 2.62. The molecule has 0 radical (unpaired) electrons. The number of phenolic OH excluding ortho intramolecular Hbond substituents is 1. The number of hydrogen-bond donors (Lipinski definition) is 2. The van der Waals surface area contributed by atoms with Crippen molar-refractivity contribution < 1.29 is 15.0 Å². The molecule has 0 bridgehead atoms. The maximum atomic E-state index is 12.5. The number of aromatic carboxylic acids is 1. The van der Waals surface area contributed by atoms with E-state index >= 15 is 0 Å². The lowest BCUT2D eigenvalue weighted by Crippen LogP contribution is -2.29. The van der Waals surface area contributed by atoms with E-state index in [0.717, 1.165) is 18.4 Å². The Morgan fingerprint density at radius 2 is 1.32 bits per heavy atom. The number of rotatable bonds is 6. The highest BCUT2D eigenvalue weighted by molar-refractivity contribution is 5.98. The molecule has 0 heterocycles. The first-order chi connectivity index (χ1) is 16.5. The minimum Gasteiger partial charge on any atom is -0.507 e. The van der Waals surface area contributed by atoms with Gasteiger partial charge in [-0.1, -0.05) is 114 Å². The van der Waals surface area contributed by atoms with Crippen molar-refractivity contribution in [3.63, 3.8) is 0 Å². The quantitative estimate of drug-likeness (QED) is 0.408. The summed E-state index contributed by atoms with van der Waals surface area (Å²) in [6.07, 6.45) is 2.14. The molecule has 0 amide bonds. The first-order valence-electron chi connectivity index (χ1n) is 13.8. The fourth-order valence-electron chi connectivity index (χ4n) is 5.06. The molecule has 206 valence electrons. The predicted octanol–water partition coefficient (Wildman–Crippen LogP) is 9.63. The topological polar surface area (TPSA) is 57.5 Å². The minimum absolute atomic E-state index is 0.183. The average Bonchev–Trinajstić information content (AvgIpc) is 2.69. The largest absolute Gasteiger partial charge is 0.507 e. The van der Waals surface area contributed by atoms with E-state index in [0.29, 0.717) is 28.5 Å². The van der Waals surface area contributed by atoms with Gasteiger partial charge >= 0.3 is 5.97 Å². The third-order valence-corrected chi connectivity index (χ3v) is 8.15. The number of aromatic hydroxyl groups is 1. The summed E-state index contributed by atoms with van der Waals surface area (Å²) in [5.41, 5.74) is 3.93. The molecular formula is C34H52O3. The van der Waals surface area contributed by atoms with Crippen LogP contribution in [0.25, 0.3) is 11.1 Å². The van der Waals surface area contributed by atoms with Crippen molar-refractivity contribution in [2.24, 2.45) is 22.7 Å². The van der Waals surface area contributed by atoms with Crippen molar-refractivity contribution in [3.8, 4) is 16.9 Å². The molecule has 2 aromatic rings. The van der Waals surface area contributed by atoms with E-state index < -0.39 is 11.4 Å². The highest BCUT2D eigenvalue weighted by atomic mass is 16.4. The van der Waals surface area contributed by atoms with Crippen LogP contribution in [0, 0.1) is 22.7 Å². The normalized spacial score (nSPS) is 14.9. The second-order valence-corrected chi connectivity index (χ2v) is 15.3. The molecule has 37 heavy (non-hydrogen) atoms. The Bertz CT molecular complexity index is 1090. The molecule has 0 saturated heterocycles. The van der Waals surface area contributed by atoms with Crippen LogP contribution in [0.2, 0.25) is 0 Å². The zero-order chi connectivity index (χ0) is 28.7. The van der Waals surface area contributed by atoms with Crippen LogP contribution in [-0.4, -0.2) is 16.2 Å². The van der Waals surface area contributed by atoms with Gasteiger partial charge in [0.1, 0.15) is 5.75 Å². The smallest absolute Gasteiger partial charge is 0.336 e. The predicted molar refractivity (Wildman–Crippen MR) is 158 cm³/mol. The van der Waals surface area contributed by atoms with Gasteiger partial charge in [0.25, 0.3) is 0 Å². The van der Waals surface area contributed by atoms with E-state index in [4.69, 9.17) is 0 Å². The van der Waals surface area contributed by atoms with Crippen molar-refractivity contribution >= 4 is 5.97 Å². The van der Waals surface area contributed by atoms with Gasteiger partial charge in [0, 0.05) is 16.7 Å². The first-order valence-corrected chi connectivity index (χ1v) is 13.8. The van der Waals surface area contributed by atoms with Crippen LogP contribution < -0.4 is 0 Å². The molecular weight excluding hydrogens is 456 g/mol.